The van der Waals surface area contributed by atoms with E-state index in [9.17, 15) is 0 Å². The molecule has 1 aromatic heterocycles. The Hall–Kier alpha value is -1.82. The standard InChI is InChI=1S/C13H20N4O2/c1-9-6-11(13(14)16-19)7-12(15-9)17-4-2-10(8-18)3-5-17/h6-7,10,18-19H,2-5,8H2,1H3,(H2,14,16). The number of amidine groups is 1. The summed E-state index contributed by atoms with van der Waals surface area (Å²) in [6.07, 6.45) is 1.93. The van der Waals surface area contributed by atoms with E-state index in [1.54, 1.807) is 6.07 Å². The van der Waals surface area contributed by atoms with Gasteiger partial charge in [-0.15, -0.1) is 0 Å². The second kappa shape index (κ2) is 5.88. The molecule has 0 bridgehead atoms. The van der Waals surface area contributed by atoms with Crippen molar-refractivity contribution in [2.75, 3.05) is 24.6 Å². The quantitative estimate of drug-likeness (QED) is 0.323. The van der Waals surface area contributed by atoms with E-state index in [1.165, 1.54) is 0 Å². The van der Waals surface area contributed by atoms with Crippen molar-refractivity contribution in [2.45, 2.75) is 19.8 Å². The Balaban J connectivity index is 2.19. The molecule has 0 saturated carbocycles. The molecule has 1 aliphatic rings. The van der Waals surface area contributed by atoms with Crippen molar-refractivity contribution in [1.82, 2.24) is 4.98 Å². The van der Waals surface area contributed by atoms with Gasteiger partial charge in [-0.3, -0.25) is 0 Å². The Morgan fingerprint density at radius 2 is 2.16 bits per heavy atom. The summed E-state index contributed by atoms with van der Waals surface area (Å²) in [5.41, 5.74) is 7.14. The van der Waals surface area contributed by atoms with Gasteiger partial charge in [0.1, 0.15) is 5.82 Å². The lowest BCUT2D eigenvalue weighted by molar-refractivity contribution is 0.203. The Bertz CT molecular complexity index is 468. The number of oxime groups is 1. The maximum atomic E-state index is 9.15. The fourth-order valence-corrected chi connectivity index (χ4v) is 2.36. The van der Waals surface area contributed by atoms with Gasteiger partial charge >= 0.3 is 0 Å². The van der Waals surface area contributed by atoms with Crippen molar-refractivity contribution >= 4 is 11.7 Å². The fourth-order valence-electron chi connectivity index (χ4n) is 2.36. The SMILES string of the molecule is Cc1cc(/C(N)=N/O)cc(N2CCC(CO)CC2)n1. The number of piperidine rings is 1. The molecule has 2 rings (SSSR count). The molecule has 0 aliphatic carbocycles. The number of rotatable bonds is 3. The van der Waals surface area contributed by atoms with Gasteiger partial charge in [-0.25, -0.2) is 4.98 Å². The molecule has 4 N–H and O–H groups in total. The molecule has 0 radical (unpaired) electrons. The first-order chi connectivity index (χ1) is 9.13. The molecule has 104 valence electrons. The molecule has 2 heterocycles. The lowest BCUT2D eigenvalue weighted by atomic mass is 9.98. The van der Waals surface area contributed by atoms with Crippen LogP contribution in [0.4, 0.5) is 5.82 Å². The molecule has 19 heavy (non-hydrogen) atoms. The van der Waals surface area contributed by atoms with Gasteiger partial charge < -0.3 is 20.9 Å². The van der Waals surface area contributed by atoms with E-state index in [2.05, 4.69) is 15.0 Å². The highest BCUT2D eigenvalue weighted by Gasteiger charge is 2.20. The lowest BCUT2D eigenvalue weighted by Gasteiger charge is -2.32. The summed E-state index contributed by atoms with van der Waals surface area (Å²) in [5, 5.41) is 20.9. The number of aliphatic hydroxyl groups excluding tert-OH is 1. The second-order valence-corrected chi connectivity index (χ2v) is 4.95. The zero-order valence-corrected chi connectivity index (χ0v) is 11.1. The van der Waals surface area contributed by atoms with Crippen LogP contribution in [0, 0.1) is 12.8 Å². The van der Waals surface area contributed by atoms with Crippen LogP contribution in [-0.4, -0.2) is 40.8 Å². The molecule has 0 aromatic carbocycles. The van der Waals surface area contributed by atoms with Crippen LogP contribution >= 0.6 is 0 Å². The summed E-state index contributed by atoms with van der Waals surface area (Å²) < 4.78 is 0. The topological polar surface area (TPSA) is 95.0 Å². The van der Waals surface area contributed by atoms with Gasteiger partial charge in [0.25, 0.3) is 0 Å². The highest BCUT2D eigenvalue weighted by atomic mass is 16.4. The third kappa shape index (κ3) is 3.14. The van der Waals surface area contributed by atoms with Crippen molar-refractivity contribution in [3.8, 4) is 0 Å². The van der Waals surface area contributed by atoms with Crippen LogP contribution in [0.15, 0.2) is 17.3 Å². The number of anilines is 1. The van der Waals surface area contributed by atoms with E-state index < -0.39 is 0 Å². The van der Waals surface area contributed by atoms with E-state index in [0.29, 0.717) is 11.5 Å². The average molecular weight is 264 g/mol. The zero-order chi connectivity index (χ0) is 13.8. The first-order valence-corrected chi connectivity index (χ1v) is 6.46. The Morgan fingerprint density at radius 3 is 2.74 bits per heavy atom. The van der Waals surface area contributed by atoms with Gasteiger partial charge in [0.2, 0.25) is 0 Å². The number of aliphatic hydroxyl groups is 1. The van der Waals surface area contributed by atoms with Crippen molar-refractivity contribution in [3.05, 3.63) is 23.4 Å². The van der Waals surface area contributed by atoms with Crippen LogP contribution in [0.2, 0.25) is 0 Å². The molecule has 1 aliphatic heterocycles. The Morgan fingerprint density at radius 1 is 1.47 bits per heavy atom. The zero-order valence-electron chi connectivity index (χ0n) is 11.1. The average Bonchev–Trinajstić information content (AvgIpc) is 2.45. The number of nitrogens with zero attached hydrogens (tertiary/aromatic N) is 3. The molecule has 0 atom stereocenters. The van der Waals surface area contributed by atoms with Crippen LogP contribution in [0.1, 0.15) is 24.1 Å². The molecular formula is C13H20N4O2. The fraction of sp³-hybridized carbons (Fsp3) is 0.538. The second-order valence-electron chi connectivity index (χ2n) is 4.95. The normalized spacial score (nSPS) is 17.8. The van der Waals surface area contributed by atoms with Crippen molar-refractivity contribution < 1.29 is 10.3 Å². The van der Waals surface area contributed by atoms with Gasteiger partial charge in [0.05, 0.1) is 0 Å². The highest BCUT2D eigenvalue weighted by molar-refractivity contribution is 5.97. The minimum atomic E-state index is 0.0944. The number of pyridine rings is 1. The van der Waals surface area contributed by atoms with E-state index >= 15 is 0 Å². The molecular weight excluding hydrogens is 244 g/mol. The van der Waals surface area contributed by atoms with E-state index in [4.69, 9.17) is 16.0 Å². The monoisotopic (exact) mass is 264 g/mol. The largest absolute Gasteiger partial charge is 0.409 e. The summed E-state index contributed by atoms with van der Waals surface area (Å²) in [7, 11) is 0. The van der Waals surface area contributed by atoms with Gasteiger partial charge in [0, 0.05) is 31.0 Å². The number of nitrogens with two attached hydrogens (primary N) is 1. The Kier molecular flexibility index (Phi) is 4.21. The molecule has 1 aromatic rings. The predicted octanol–water partition coefficient (Wildman–Crippen LogP) is 0.693. The van der Waals surface area contributed by atoms with Gasteiger partial charge in [-0.1, -0.05) is 5.16 Å². The first kappa shape index (κ1) is 13.6. The van der Waals surface area contributed by atoms with Crippen LogP contribution < -0.4 is 10.6 Å². The summed E-state index contributed by atoms with van der Waals surface area (Å²) >= 11 is 0. The maximum absolute atomic E-state index is 9.15. The van der Waals surface area contributed by atoms with Gasteiger partial charge in [-0.2, -0.15) is 0 Å². The molecule has 0 spiro atoms. The molecule has 1 saturated heterocycles. The highest BCUT2D eigenvalue weighted by Crippen LogP contribution is 2.22. The van der Waals surface area contributed by atoms with E-state index in [-0.39, 0.29) is 12.4 Å². The summed E-state index contributed by atoms with van der Waals surface area (Å²) in [5.74, 6) is 1.33. The predicted molar refractivity (Wildman–Crippen MR) is 73.5 cm³/mol. The first-order valence-electron chi connectivity index (χ1n) is 6.46. The van der Waals surface area contributed by atoms with Gasteiger partial charge in [-0.05, 0) is 37.8 Å². The third-order valence-corrected chi connectivity index (χ3v) is 3.54. The minimum Gasteiger partial charge on any atom is -0.409 e. The van der Waals surface area contributed by atoms with E-state index in [1.807, 2.05) is 13.0 Å². The molecule has 1 fully saturated rings. The van der Waals surface area contributed by atoms with Crippen LogP contribution in [0.3, 0.4) is 0 Å². The molecule has 0 unspecified atom stereocenters. The summed E-state index contributed by atoms with van der Waals surface area (Å²) in [6, 6.07) is 3.63. The van der Waals surface area contributed by atoms with Crippen molar-refractivity contribution in [3.63, 3.8) is 0 Å². The number of hydrogen-bond acceptors (Lipinski definition) is 5. The molecule has 6 heteroatoms. The van der Waals surface area contributed by atoms with Gasteiger partial charge in [0.15, 0.2) is 5.84 Å². The Labute approximate surface area is 112 Å². The number of aromatic nitrogens is 1. The minimum absolute atomic E-state index is 0.0944. The van der Waals surface area contributed by atoms with Crippen molar-refractivity contribution in [2.24, 2.45) is 16.8 Å². The van der Waals surface area contributed by atoms with Crippen LogP contribution in [0.25, 0.3) is 0 Å². The number of hydrogen-bond donors (Lipinski definition) is 3. The molecule has 6 nitrogen and oxygen atoms in total. The number of aryl methyl sites for hydroxylation is 1. The summed E-state index contributed by atoms with van der Waals surface area (Å²) in [4.78, 5) is 6.67. The van der Waals surface area contributed by atoms with Crippen LogP contribution in [-0.2, 0) is 0 Å². The van der Waals surface area contributed by atoms with Crippen molar-refractivity contribution in [1.29, 1.82) is 0 Å². The smallest absolute Gasteiger partial charge is 0.170 e. The third-order valence-electron chi connectivity index (χ3n) is 3.54. The lowest BCUT2D eigenvalue weighted by Crippen LogP contribution is -2.35. The van der Waals surface area contributed by atoms with Crippen LogP contribution in [0.5, 0.6) is 0 Å². The maximum Gasteiger partial charge on any atom is 0.170 e. The van der Waals surface area contributed by atoms with E-state index in [0.717, 1.165) is 37.4 Å². The summed E-state index contributed by atoms with van der Waals surface area (Å²) in [6.45, 7) is 3.89. The molecule has 0 amide bonds.